The lowest BCUT2D eigenvalue weighted by molar-refractivity contribution is 0.639. The van der Waals surface area contributed by atoms with Crippen LogP contribution < -0.4 is 14.7 Å². The molecule has 0 saturated carbocycles. The van der Waals surface area contributed by atoms with E-state index in [9.17, 15) is 0 Å². The highest BCUT2D eigenvalue weighted by atomic mass is 15.3. The van der Waals surface area contributed by atoms with Crippen molar-refractivity contribution < 1.29 is 0 Å². The van der Waals surface area contributed by atoms with Crippen LogP contribution in [-0.4, -0.2) is 59.2 Å². The third-order valence-electron chi connectivity index (χ3n) is 5.96. The van der Waals surface area contributed by atoms with Crippen molar-refractivity contribution in [2.24, 2.45) is 0 Å². The maximum absolute atomic E-state index is 4.82. The molecule has 154 valence electrons. The zero-order valence-corrected chi connectivity index (χ0v) is 17.4. The van der Waals surface area contributed by atoms with Crippen molar-refractivity contribution in [2.75, 3.05) is 54.0 Å². The molecule has 0 unspecified atom stereocenters. The van der Waals surface area contributed by atoms with Crippen LogP contribution >= 0.6 is 0 Å². The lowest BCUT2D eigenvalue weighted by Crippen LogP contribution is -2.47. The van der Waals surface area contributed by atoms with Crippen molar-refractivity contribution in [1.82, 2.24) is 19.9 Å². The fraction of sp³-hybridized carbons (Fsp3) is 0.391. The summed E-state index contributed by atoms with van der Waals surface area (Å²) in [5.41, 5.74) is 4.10. The Morgan fingerprint density at radius 3 is 2.10 bits per heavy atom. The van der Waals surface area contributed by atoms with E-state index in [1.807, 2.05) is 25.4 Å². The van der Waals surface area contributed by atoms with Crippen LogP contribution in [0.2, 0.25) is 0 Å². The summed E-state index contributed by atoms with van der Waals surface area (Å²) < 4.78 is 0. The van der Waals surface area contributed by atoms with Crippen LogP contribution in [0.5, 0.6) is 0 Å². The van der Waals surface area contributed by atoms with Crippen LogP contribution in [0, 0.1) is 6.92 Å². The van der Waals surface area contributed by atoms with Crippen LogP contribution in [-0.2, 0) is 0 Å². The zero-order valence-electron chi connectivity index (χ0n) is 17.4. The zero-order chi connectivity index (χ0) is 20.3. The first kappa shape index (κ1) is 18.8. The second-order valence-corrected chi connectivity index (χ2v) is 7.91. The molecule has 0 aliphatic carbocycles. The van der Waals surface area contributed by atoms with Gasteiger partial charge in [0.05, 0.1) is 11.4 Å². The van der Waals surface area contributed by atoms with Crippen LogP contribution in [0.1, 0.15) is 18.5 Å². The molecule has 0 N–H and O–H groups in total. The van der Waals surface area contributed by atoms with Gasteiger partial charge in [-0.3, -0.25) is 0 Å². The van der Waals surface area contributed by atoms with Gasteiger partial charge in [-0.1, -0.05) is 18.2 Å². The van der Waals surface area contributed by atoms with Crippen molar-refractivity contribution in [3.8, 4) is 11.3 Å². The first-order valence-corrected chi connectivity index (χ1v) is 10.7. The highest BCUT2D eigenvalue weighted by Crippen LogP contribution is 2.25. The van der Waals surface area contributed by atoms with Gasteiger partial charge >= 0.3 is 0 Å². The molecule has 0 atom stereocenters. The predicted octanol–water partition coefficient (Wildman–Crippen LogP) is 3.17. The fourth-order valence-corrected chi connectivity index (χ4v) is 4.23. The van der Waals surface area contributed by atoms with Gasteiger partial charge in [0.1, 0.15) is 0 Å². The number of anilines is 3. The molecule has 7 nitrogen and oxygen atoms in total. The Balaban J connectivity index is 1.30. The van der Waals surface area contributed by atoms with Gasteiger partial charge in [0.15, 0.2) is 0 Å². The summed E-state index contributed by atoms with van der Waals surface area (Å²) >= 11 is 0. The van der Waals surface area contributed by atoms with Crippen molar-refractivity contribution in [2.45, 2.75) is 19.8 Å². The van der Waals surface area contributed by atoms with E-state index in [1.54, 1.807) is 0 Å². The molecule has 2 aliphatic rings. The molecule has 0 radical (unpaired) electrons. The average Bonchev–Trinajstić information content (AvgIpc) is 3.35. The predicted molar refractivity (Wildman–Crippen MR) is 120 cm³/mol. The molecule has 0 bridgehead atoms. The molecule has 0 amide bonds. The van der Waals surface area contributed by atoms with Gasteiger partial charge in [-0.15, -0.1) is 0 Å². The number of hydrogen-bond acceptors (Lipinski definition) is 7. The standard InChI is InChI=1S/C23H27N7/c1-18-20(21-9-10-24-22(27-21)29-11-5-6-12-29)17-25-23(26-18)30-15-13-28(14-16-30)19-7-3-2-4-8-19/h2-4,7-10,17H,5-6,11-16H2,1H3. The summed E-state index contributed by atoms with van der Waals surface area (Å²) in [5.74, 6) is 1.61. The van der Waals surface area contributed by atoms with E-state index in [0.717, 1.165) is 68.1 Å². The maximum Gasteiger partial charge on any atom is 0.225 e. The number of para-hydroxylation sites is 1. The van der Waals surface area contributed by atoms with E-state index in [1.165, 1.54) is 18.5 Å². The van der Waals surface area contributed by atoms with Crippen LogP contribution in [0.15, 0.2) is 48.8 Å². The molecule has 1 aromatic carbocycles. The van der Waals surface area contributed by atoms with Crippen LogP contribution in [0.3, 0.4) is 0 Å². The third-order valence-corrected chi connectivity index (χ3v) is 5.96. The molecule has 30 heavy (non-hydrogen) atoms. The van der Waals surface area contributed by atoms with Gasteiger partial charge < -0.3 is 14.7 Å². The van der Waals surface area contributed by atoms with E-state index in [-0.39, 0.29) is 0 Å². The number of nitrogens with zero attached hydrogens (tertiary/aromatic N) is 7. The molecular weight excluding hydrogens is 374 g/mol. The Morgan fingerprint density at radius 2 is 1.37 bits per heavy atom. The molecule has 2 saturated heterocycles. The second-order valence-electron chi connectivity index (χ2n) is 7.91. The Kier molecular flexibility index (Phi) is 5.17. The summed E-state index contributed by atoms with van der Waals surface area (Å²) in [6, 6.07) is 12.5. The fourth-order valence-electron chi connectivity index (χ4n) is 4.23. The summed E-state index contributed by atoms with van der Waals surface area (Å²) in [7, 11) is 0. The molecule has 3 aromatic rings. The lowest BCUT2D eigenvalue weighted by Gasteiger charge is -2.36. The number of aromatic nitrogens is 4. The van der Waals surface area contributed by atoms with Gasteiger partial charge in [-0.25, -0.2) is 19.9 Å². The van der Waals surface area contributed by atoms with E-state index in [4.69, 9.17) is 9.97 Å². The van der Waals surface area contributed by atoms with E-state index in [0.29, 0.717) is 0 Å². The molecule has 7 heteroatoms. The van der Waals surface area contributed by atoms with Gasteiger partial charge in [0, 0.05) is 62.9 Å². The molecule has 2 aromatic heterocycles. The van der Waals surface area contributed by atoms with Gasteiger partial charge in [0.25, 0.3) is 0 Å². The summed E-state index contributed by atoms with van der Waals surface area (Å²) in [6.45, 7) is 7.89. The molecule has 2 fully saturated rings. The smallest absolute Gasteiger partial charge is 0.225 e. The van der Waals surface area contributed by atoms with E-state index < -0.39 is 0 Å². The van der Waals surface area contributed by atoms with E-state index in [2.05, 4.69) is 55.0 Å². The van der Waals surface area contributed by atoms with Gasteiger partial charge in [-0.05, 0) is 38.0 Å². The van der Waals surface area contributed by atoms with Gasteiger partial charge in [0.2, 0.25) is 11.9 Å². The Morgan fingerprint density at radius 1 is 0.700 bits per heavy atom. The Labute approximate surface area is 177 Å². The number of benzene rings is 1. The number of rotatable bonds is 4. The number of aryl methyl sites for hydroxylation is 1. The molecule has 4 heterocycles. The lowest BCUT2D eigenvalue weighted by atomic mass is 10.2. The largest absolute Gasteiger partial charge is 0.368 e. The third kappa shape index (κ3) is 3.79. The maximum atomic E-state index is 4.82. The first-order chi connectivity index (χ1) is 14.8. The summed E-state index contributed by atoms with van der Waals surface area (Å²) in [4.78, 5) is 25.7. The Hall–Kier alpha value is -3.22. The minimum absolute atomic E-state index is 0.804. The van der Waals surface area contributed by atoms with Crippen LogP contribution in [0.25, 0.3) is 11.3 Å². The van der Waals surface area contributed by atoms with Crippen molar-refractivity contribution in [1.29, 1.82) is 0 Å². The molecule has 2 aliphatic heterocycles. The monoisotopic (exact) mass is 401 g/mol. The highest BCUT2D eigenvalue weighted by Gasteiger charge is 2.21. The number of piperazine rings is 1. The number of hydrogen-bond donors (Lipinski definition) is 0. The molecular formula is C23H27N7. The van der Waals surface area contributed by atoms with Crippen molar-refractivity contribution in [3.63, 3.8) is 0 Å². The average molecular weight is 402 g/mol. The van der Waals surface area contributed by atoms with Crippen LogP contribution in [0.4, 0.5) is 17.6 Å². The molecule has 5 rings (SSSR count). The van der Waals surface area contributed by atoms with Crippen molar-refractivity contribution >= 4 is 17.6 Å². The first-order valence-electron chi connectivity index (χ1n) is 10.7. The minimum Gasteiger partial charge on any atom is -0.368 e. The molecule has 0 spiro atoms. The normalized spacial score (nSPS) is 16.9. The summed E-state index contributed by atoms with van der Waals surface area (Å²) in [6.07, 6.45) is 6.17. The second kappa shape index (κ2) is 8.26. The van der Waals surface area contributed by atoms with E-state index >= 15 is 0 Å². The Bertz CT molecular complexity index is 993. The highest BCUT2D eigenvalue weighted by molar-refractivity contribution is 5.62. The topological polar surface area (TPSA) is 61.3 Å². The summed E-state index contributed by atoms with van der Waals surface area (Å²) in [5, 5.41) is 0. The van der Waals surface area contributed by atoms with Crippen molar-refractivity contribution in [3.05, 3.63) is 54.5 Å². The quantitative estimate of drug-likeness (QED) is 0.665. The minimum atomic E-state index is 0.804. The SMILES string of the molecule is Cc1nc(N2CCN(c3ccccc3)CC2)ncc1-c1ccnc(N2CCCC2)n1. The van der Waals surface area contributed by atoms with Gasteiger partial charge in [-0.2, -0.15) is 0 Å².